The number of carbonyl (C=O) groups excluding carboxylic acids is 1. The summed E-state index contributed by atoms with van der Waals surface area (Å²) in [5.41, 5.74) is 1.52. The fourth-order valence-electron chi connectivity index (χ4n) is 3.75. The second-order valence-electron chi connectivity index (χ2n) is 6.95. The summed E-state index contributed by atoms with van der Waals surface area (Å²) in [4.78, 5) is 18.6. The van der Waals surface area contributed by atoms with Crippen molar-refractivity contribution in [1.82, 2.24) is 25.0 Å². The number of hydrogen-bond acceptors (Lipinski definition) is 4. The van der Waals surface area contributed by atoms with Gasteiger partial charge in [-0.1, -0.05) is 18.1 Å². The van der Waals surface area contributed by atoms with Crippen molar-refractivity contribution in [3.8, 4) is 0 Å². The summed E-state index contributed by atoms with van der Waals surface area (Å²) in [5, 5.41) is 7.30. The molecule has 24 heavy (non-hydrogen) atoms. The highest BCUT2D eigenvalue weighted by molar-refractivity contribution is 5.78. The fraction of sp³-hybridized carbons (Fsp3) is 0.722. The maximum atomic E-state index is 12.3. The zero-order valence-corrected chi connectivity index (χ0v) is 14.5. The van der Waals surface area contributed by atoms with Crippen LogP contribution in [0.3, 0.4) is 0 Å². The van der Waals surface area contributed by atoms with Gasteiger partial charge in [0.15, 0.2) is 0 Å². The number of aromatic nitrogens is 3. The lowest BCUT2D eigenvalue weighted by molar-refractivity contribution is -0.123. The molecule has 0 aromatic carbocycles. The maximum absolute atomic E-state index is 12.3. The number of piperidine rings is 1. The number of amides is 1. The van der Waals surface area contributed by atoms with E-state index in [0.29, 0.717) is 12.6 Å². The Labute approximate surface area is 144 Å². The van der Waals surface area contributed by atoms with Crippen LogP contribution >= 0.6 is 0 Å². The number of hydrogen-bond donors (Lipinski definition) is 1. The first kappa shape index (κ1) is 17.1. The van der Waals surface area contributed by atoms with E-state index in [1.165, 1.54) is 44.1 Å². The van der Waals surface area contributed by atoms with Crippen molar-refractivity contribution in [2.75, 3.05) is 19.6 Å². The SMILES string of the molecule is O=C(CN1CCCC[C@H]1Cn1cncn1)NCCC1=CCCCC1. The standard InChI is InChI=1S/C18H29N5O/c24-18(20-10-9-16-6-2-1-3-7-16)13-22-11-5-4-8-17(22)12-23-15-19-14-21-23/h6,14-15,17H,1-5,7-13H2,(H,20,24)/t17-/m0/s1. The van der Waals surface area contributed by atoms with Crippen LogP contribution in [0.1, 0.15) is 51.4 Å². The Morgan fingerprint density at radius 1 is 1.29 bits per heavy atom. The van der Waals surface area contributed by atoms with Gasteiger partial charge in [0.2, 0.25) is 5.91 Å². The molecule has 1 atom stereocenters. The van der Waals surface area contributed by atoms with E-state index >= 15 is 0 Å². The first-order valence-corrected chi connectivity index (χ1v) is 9.32. The van der Waals surface area contributed by atoms with Crippen molar-refractivity contribution in [3.05, 3.63) is 24.3 Å². The van der Waals surface area contributed by atoms with Gasteiger partial charge in [-0.25, -0.2) is 4.98 Å². The van der Waals surface area contributed by atoms with Gasteiger partial charge in [-0.15, -0.1) is 0 Å². The summed E-state index contributed by atoms with van der Waals surface area (Å²) < 4.78 is 1.87. The lowest BCUT2D eigenvalue weighted by atomic mass is 9.97. The Morgan fingerprint density at radius 3 is 3.04 bits per heavy atom. The summed E-state index contributed by atoms with van der Waals surface area (Å²) in [6.07, 6.45) is 15.3. The Bertz CT molecular complexity index is 540. The van der Waals surface area contributed by atoms with Crippen LogP contribution in [0, 0.1) is 0 Å². The minimum absolute atomic E-state index is 0.150. The highest BCUT2D eigenvalue weighted by atomic mass is 16.2. The molecule has 6 nitrogen and oxygen atoms in total. The predicted octanol–water partition coefficient (Wildman–Crippen LogP) is 2.14. The number of rotatable bonds is 7. The molecule has 1 N–H and O–H groups in total. The molecular formula is C18H29N5O. The quantitative estimate of drug-likeness (QED) is 0.778. The summed E-state index contributed by atoms with van der Waals surface area (Å²) in [6.45, 7) is 3.09. The van der Waals surface area contributed by atoms with Crippen molar-refractivity contribution >= 4 is 5.91 Å². The van der Waals surface area contributed by atoms with Crippen LogP contribution in [-0.2, 0) is 11.3 Å². The van der Waals surface area contributed by atoms with Crippen molar-refractivity contribution in [2.24, 2.45) is 0 Å². The van der Waals surface area contributed by atoms with Crippen LogP contribution in [0.2, 0.25) is 0 Å². The van der Waals surface area contributed by atoms with Crippen LogP contribution in [0.15, 0.2) is 24.3 Å². The van der Waals surface area contributed by atoms with Gasteiger partial charge >= 0.3 is 0 Å². The van der Waals surface area contributed by atoms with Gasteiger partial charge < -0.3 is 5.32 Å². The molecule has 0 bridgehead atoms. The van der Waals surface area contributed by atoms with Crippen LogP contribution in [0.5, 0.6) is 0 Å². The third-order valence-electron chi connectivity index (χ3n) is 5.11. The van der Waals surface area contributed by atoms with Crippen molar-refractivity contribution in [1.29, 1.82) is 0 Å². The minimum atomic E-state index is 0.150. The van der Waals surface area contributed by atoms with E-state index in [9.17, 15) is 4.79 Å². The third kappa shape index (κ3) is 5.16. The number of nitrogens with one attached hydrogen (secondary N) is 1. The molecule has 2 aliphatic rings. The van der Waals surface area contributed by atoms with E-state index in [-0.39, 0.29) is 5.91 Å². The van der Waals surface area contributed by atoms with Crippen molar-refractivity contribution < 1.29 is 4.79 Å². The van der Waals surface area contributed by atoms with Crippen molar-refractivity contribution in [3.63, 3.8) is 0 Å². The Kier molecular flexibility index (Phi) is 6.41. The summed E-state index contributed by atoms with van der Waals surface area (Å²) in [5.74, 6) is 0.150. The maximum Gasteiger partial charge on any atom is 0.234 e. The zero-order valence-electron chi connectivity index (χ0n) is 14.5. The largest absolute Gasteiger partial charge is 0.355 e. The topological polar surface area (TPSA) is 63.1 Å². The molecule has 1 aliphatic heterocycles. The second kappa shape index (κ2) is 8.97. The molecule has 2 heterocycles. The summed E-state index contributed by atoms with van der Waals surface area (Å²) in [6, 6.07) is 0.382. The van der Waals surface area contributed by atoms with Crippen LogP contribution in [-0.4, -0.2) is 51.2 Å². The summed E-state index contributed by atoms with van der Waals surface area (Å²) in [7, 11) is 0. The smallest absolute Gasteiger partial charge is 0.234 e. The molecule has 1 aromatic heterocycles. The Morgan fingerprint density at radius 2 is 2.25 bits per heavy atom. The van der Waals surface area contributed by atoms with Crippen molar-refractivity contribution in [2.45, 2.75) is 64.0 Å². The van der Waals surface area contributed by atoms with Gasteiger partial charge in [0.1, 0.15) is 12.7 Å². The second-order valence-corrected chi connectivity index (χ2v) is 6.95. The molecule has 1 aromatic rings. The van der Waals surface area contributed by atoms with Crippen LogP contribution in [0.4, 0.5) is 0 Å². The first-order chi connectivity index (χ1) is 11.8. The lowest BCUT2D eigenvalue weighted by Gasteiger charge is -2.35. The van der Waals surface area contributed by atoms with Crippen LogP contribution in [0.25, 0.3) is 0 Å². The average molecular weight is 331 g/mol. The highest BCUT2D eigenvalue weighted by Gasteiger charge is 2.24. The minimum Gasteiger partial charge on any atom is -0.355 e. The normalized spacial score (nSPS) is 22.2. The molecule has 6 heteroatoms. The molecule has 1 aliphatic carbocycles. The van der Waals surface area contributed by atoms with Crippen LogP contribution < -0.4 is 5.32 Å². The molecule has 0 unspecified atom stereocenters. The molecule has 1 saturated heterocycles. The van der Waals surface area contributed by atoms with E-state index in [1.807, 2.05) is 4.68 Å². The van der Waals surface area contributed by atoms with Gasteiger partial charge in [0, 0.05) is 12.6 Å². The molecule has 3 rings (SSSR count). The van der Waals surface area contributed by atoms with E-state index < -0.39 is 0 Å². The molecule has 0 radical (unpaired) electrons. The number of likely N-dealkylation sites (tertiary alicyclic amines) is 1. The third-order valence-corrected chi connectivity index (χ3v) is 5.11. The van der Waals surface area contributed by atoms with E-state index in [0.717, 1.165) is 32.5 Å². The summed E-state index contributed by atoms with van der Waals surface area (Å²) >= 11 is 0. The van der Waals surface area contributed by atoms with Gasteiger partial charge in [-0.3, -0.25) is 14.4 Å². The monoisotopic (exact) mass is 331 g/mol. The van der Waals surface area contributed by atoms with Gasteiger partial charge in [0.25, 0.3) is 0 Å². The molecule has 1 fully saturated rings. The number of carbonyl (C=O) groups is 1. The van der Waals surface area contributed by atoms with Gasteiger partial charge in [0.05, 0.1) is 13.1 Å². The van der Waals surface area contributed by atoms with E-state index in [4.69, 9.17) is 0 Å². The van der Waals surface area contributed by atoms with E-state index in [1.54, 1.807) is 12.7 Å². The van der Waals surface area contributed by atoms with Gasteiger partial charge in [-0.2, -0.15) is 5.10 Å². The Hall–Kier alpha value is -1.69. The zero-order chi connectivity index (χ0) is 16.6. The molecule has 132 valence electrons. The molecule has 0 spiro atoms. The molecule has 0 saturated carbocycles. The van der Waals surface area contributed by atoms with Gasteiger partial charge in [-0.05, 0) is 51.5 Å². The Balaban J connectivity index is 1.42. The lowest BCUT2D eigenvalue weighted by Crippen LogP contribution is -2.47. The predicted molar refractivity (Wildman–Crippen MR) is 93.4 cm³/mol. The number of allylic oxidation sites excluding steroid dienone is 1. The molecular weight excluding hydrogens is 302 g/mol. The number of nitrogens with zero attached hydrogens (tertiary/aromatic N) is 4. The highest BCUT2D eigenvalue weighted by Crippen LogP contribution is 2.20. The average Bonchev–Trinajstić information content (AvgIpc) is 3.11. The van der Waals surface area contributed by atoms with E-state index in [2.05, 4.69) is 26.4 Å². The molecule has 1 amide bonds. The fourth-order valence-corrected chi connectivity index (χ4v) is 3.75. The first-order valence-electron chi connectivity index (χ1n) is 9.32.